The van der Waals surface area contributed by atoms with Crippen LogP contribution in [0.1, 0.15) is 25.7 Å². The number of sulfone groups is 1. The molecule has 1 N–H and O–H groups in total. The van der Waals surface area contributed by atoms with Crippen LogP contribution in [0.5, 0.6) is 0 Å². The Bertz CT molecular complexity index is 354. The van der Waals surface area contributed by atoms with E-state index in [1.807, 2.05) is 0 Å². The molecule has 0 amide bonds. The third-order valence-corrected chi connectivity index (χ3v) is 5.56. The van der Waals surface area contributed by atoms with E-state index in [1.54, 1.807) is 0 Å². The van der Waals surface area contributed by atoms with Crippen molar-refractivity contribution in [2.24, 2.45) is 0 Å². The van der Waals surface area contributed by atoms with Crippen molar-refractivity contribution < 1.29 is 13.2 Å². The lowest BCUT2D eigenvalue weighted by molar-refractivity contribution is 0.0963. The van der Waals surface area contributed by atoms with E-state index in [9.17, 15) is 8.42 Å². The van der Waals surface area contributed by atoms with Gasteiger partial charge in [0.2, 0.25) is 0 Å². The van der Waals surface area contributed by atoms with Crippen molar-refractivity contribution in [1.29, 1.82) is 0 Å². The van der Waals surface area contributed by atoms with E-state index in [2.05, 4.69) is 5.32 Å². The van der Waals surface area contributed by atoms with E-state index in [0.717, 1.165) is 19.3 Å². The molecule has 0 saturated carbocycles. The van der Waals surface area contributed by atoms with Gasteiger partial charge >= 0.3 is 0 Å². The van der Waals surface area contributed by atoms with Crippen molar-refractivity contribution in [3.8, 4) is 0 Å². The first-order valence-electron chi connectivity index (χ1n) is 5.74. The first-order valence-corrected chi connectivity index (χ1v) is 7.56. The minimum atomic E-state index is -2.75. The first kappa shape index (κ1) is 10.1. The van der Waals surface area contributed by atoms with Gasteiger partial charge in [-0.25, -0.2) is 8.42 Å². The Morgan fingerprint density at radius 1 is 1.20 bits per heavy atom. The zero-order valence-corrected chi connectivity index (χ0v) is 9.50. The molecular weight excluding hydrogens is 214 g/mol. The molecule has 4 unspecified atom stereocenters. The van der Waals surface area contributed by atoms with Crippen molar-refractivity contribution in [2.45, 2.75) is 50.0 Å². The van der Waals surface area contributed by atoms with Crippen LogP contribution < -0.4 is 5.32 Å². The molecule has 0 aromatic heterocycles. The van der Waals surface area contributed by atoms with E-state index < -0.39 is 9.84 Å². The Labute approximate surface area is 90.3 Å². The zero-order valence-electron chi connectivity index (χ0n) is 8.69. The molecule has 3 fully saturated rings. The summed E-state index contributed by atoms with van der Waals surface area (Å²) in [6.45, 7) is 0. The quantitative estimate of drug-likeness (QED) is 0.731. The molecule has 0 aromatic rings. The summed E-state index contributed by atoms with van der Waals surface area (Å²) in [6, 6.07) is 0.574. The van der Waals surface area contributed by atoms with Crippen LogP contribution in [-0.4, -0.2) is 44.2 Å². The molecule has 0 aliphatic carbocycles. The van der Waals surface area contributed by atoms with Crippen LogP contribution in [-0.2, 0) is 14.6 Å². The van der Waals surface area contributed by atoms with Crippen LogP contribution in [0.3, 0.4) is 0 Å². The largest absolute Gasteiger partial charge is 0.373 e. The van der Waals surface area contributed by atoms with Crippen LogP contribution in [0, 0.1) is 0 Å². The van der Waals surface area contributed by atoms with E-state index in [1.165, 1.54) is 6.42 Å². The second-order valence-corrected chi connectivity index (χ2v) is 7.21. The number of rotatable bonds is 2. The molecule has 3 aliphatic heterocycles. The van der Waals surface area contributed by atoms with Gasteiger partial charge in [0, 0.05) is 12.1 Å². The third-order valence-electron chi connectivity index (χ3n) is 3.79. The van der Waals surface area contributed by atoms with Gasteiger partial charge in [-0.3, -0.25) is 0 Å². The van der Waals surface area contributed by atoms with Gasteiger partial charge in [0.05, 0.1) is 23.7 Å². The third kappa shape index (κ3) is 1.92. The Balaban J connectivity index is 1.58. The first-order chi connectivity index (χ1) is 7.12. The summed E-state index contributed by atoms with van der Waals surface area (Å²) in [5, 5.41) is 3.46. The molecule has 2 bridgehead atoms. The van der Waals surface area contributed by atoms with Crippen molar-refractivity contribution >= 4 is 9.84 Å². The highest BCUT2D eigenvalue weighted by Gasteiger charge is 2.42. The van der Waals surface area contributed by atoms with Crippen molar-refractivity contribution in [1.82, 2.24) is 5.32 Å². The average molecular weight is 231 g/mol. The normalized spacial score (nSPS) is 47.5. The number of hydrogen-bond donors (Lipinski definition) is 1. The van der Waals surface area contributed by atoms with Gasteiger partial charge < -0.3 is 10.1 Å². The maximum Gasteiger partial charge on any atom is 0.151 e. The lowest BCUT2D eigenvalue weighted by atomic mass is 9.95. The van der Waals surface area contributed by atoms with Crippen molar-refractivity contribution in [3.63, 3.8) is 0 Å². The van der Waals surface area contributed by atoms with Crippen LogP contribution >= 0.6 is 0 Å². The van der Waals surface area contributed by atoms with Gasteiger partial charge in [-0.15, -0.1) is 0 Å². The van der Waals surface area contributed by atoms with Gasteiger partial charge in [-0.1, -0.05) is 0 Å². The fourth-order valence-corrected chi connectivity index (χ4v) is 4.73. The number of nitrogens with one attached hydrogen (secondary N) is 1. The van der Waals surface area contributed by atoms with Gasteiger partial charge in [0.1, 0.15) is 0 Å². The topological polar surface area (TPSA) is 55.4 Å². The molecule has 86 valence electrons. The smallest absolute Gasteiger partial charge is 0.151 e. The summed E-state index contributed by atoms with van der Waals surface area (Å²) >= 11 is 0. The summed E-state index contributed by atoms with van der Waals surface area (Å²) in [6.07, 6.45) is 4.95. The lowest BCUT2D eigenvalue weighted by Crippen LogP contribution is -2.44. The molecule has 5 heteroatoms. The summed E-state index contributed by atoms with van der Waals surface area (Å²) in [7, 11) is -2.75. The second kappa shape index (κ2) is 3.43. The number of ether oxygens (including phenoxy) is 1. The highest BCUT2D eigenvalue weighted by atomic mass is 32.2. The molecule has 3 heterocycles. The van der Waals surface area contributed by atoms with Crippen LogP contribution in [0.2, 0.25) is 0 Å². The molecule has 0 radical (unpaired) electrons. The number of fused-ring (bicyclic) bond motifs is 2. The highest BCUT2D eigenvalue weighted by Crippen LogP contribution is 2.34. The van der Waals surface area contributed by atoms with Gasteiger partial charge in [-0.05, 0) is 25.7 Å². The van der Waals surface area contributed by atoms with E-state index >= 15 is 0 Å². The van der Waals surface area contributed by atoms with Gasteiger partial charge in [0.25, 0.3) is 0 Å². The molecule has 0 aromatic carbocycles. The Hall–Kier alpha value is -0.130. The maximum absolute atomic E-state index is 11.3. The van der Waals surface area contributed by atoms with Crippen LogP contribution in [0.4, 0.5) is 0 Å². The molecule has 3 saturated heterocycles. The van der Waals surface area contributed by atoms with Gasteiger partial charge in [0.15, 0.2) is 9.84 Å². The minimum absolute atomic E-state index is 0.169. The van der Waals surface area contributed by atoms with E-state index in [4.69, 9.17) is 4.74 Å². The maximum atomic E-state index is 11.3. The summed E-state index contributed by atoms with van der Waals surface area (Å²) in [4.78, 5) is 0. The predicted molar refractivity (Wildman–Crippen MR) is 56.5 cm³/mol. The van der Waals surface area contributed by atoms with Crippen molar-refractivity contribution in [3.05, 3.63) is 0 Å². The molecule has 15 heavy (non-hydrogen) atoms. The SMILES string of the molecule is O=S1(=O)CCC(NC2CC3CCC2O3)C1. The Kier molecular flexibility index (Phi) is 2.30. The predicted octanol–water partition coefficient (Wildman–Crippen LogP) is 0.0830. The molecule has 4 atom stereocenters. The minimum Gasteiger partial charge on any atom is -0.373 e. The summed E-state index contributed by atoms with van der Waals surface area (Å²) in [5.74, 6) is 0.674. The van der Waals surface area contributed by atoms with E-state index in [0.29, 0.717) is 29.8 Å². The Morgan fingerprint density at radius 2 is 2.07 bits per heavy atom. The molecule has 4 nitrogen and oxygen atoms in total. The zero-order chi connectivity index (χ0) is 10.5. The van der Waals surface area contributed by atoms with Crippen LogP contribution in [0.15, 0.2) is 0 Å². The molecular formula is C10H17NO3S. The second-order valence-electron chi connectivity index (χ2n) is 4.98. The monoisotopic (exact) mass is 231 g/mol. The van der Waals surface area contributed by atoms with Gasteiger partial charge in [-0.2, -0.15) is 0 Å². The van der Waals surface area contributed by atoms with Crippen LogP contribution in [0.25, 0.3) is 0 Å². The lowest BCUT2D eigenvalue weighted by Gasteiger charge is -2.23. The molecule has 3 rings (SSSR count). The molecule has 0 spiro atoms. The summed E-state index contributed by atoms with van der Waals surface area (Å²) in [5.41, 5.74) is 0. The van der Waals surface area contributed by atoms with E-state index in [-0.39, 0.29) is 6.04 Å². The van der Waals surface area contributed by atoms with Crippen molar-refractivity contribution in [2.75, 3.05) is 11.5 Å². The Morgan fingerprint density at radius 3 is 2.60 bits per heavy atom. The standard InChI is InChI=1S/C10H17NO3S/c12-15(13)4-3-7(6-15)11-9-5-8-1-2-10(9)14-8/h7-11H,1-6H2. The number of hydrogen-bond acceptors (Lipinski definition) is 4. The summed E-state index contributed by atoms with van der Waals surface area (Å²) < 4.78 is 28.3. The fraction of sp³-hybridized carbons (Fsp3) is 1.00. The highest BCUT2D eigenvalue weighted by molar-refractivity contribution is 7.91. The average Bonchev–Trinajstić information content (AvgIpc) is 2.81. The molecule has 3 aliphatic rings. The fourth-order valence-electron chi connectivity index (χ4n) is 3.04.